The number of rotatable bonds is 3. The number of nitro groups is 1. The zero-order valence-electron chi connectivity index (χ0n) is 10.1. The number of nitrogens with one attached hydrogen (secondary N) is 1. The second-order valence-electron chi connectivity index (χ2n) is 4.15. The van der Waals surface area contributed by atoms with Gasteiger partial charge in [0.15, 0.2) is 5.82 Å². The van der Waals surface area contributed by atoms with Crippen LogP contribution in [0.15, 0.2) is 12.1 Å². The minimum absolute atomic E-state index is 0.131. The molecular weight excluding hydrogens is 273 g/mol. The van der Waals surface area contributed by atoms with E-state index in [-0.39, 0.29) is 24.7 Å². The molecule has 1 aliphatic rings. The van der Waals surface area contributed by atoms with E-state index in [0.29, 0.717) is 12.6 Å². The largest absolute Gasteiger partial charge is 0.477 e. The van der Waals surface area contributed by atoms with Crippen molar-refractivity contribution in [3.05, 3.63) is 33.6 Å². The third kappa shape index (κ3) is 2.51. The Morgan fingerprint density at radius 3 is 2.75 bits per heavy atom. The maximum Gasteiger partial charge on any atom is 0.342 e. The van der Waals surface area contributed by atoms with Crippen molar-refractivity contribution < 1.29 is 24.0 Å². The fourth-order valence-electron chi connectivity index (χ4n) is 1.96. The number of halogens is 1. The molecule has 9 heteroatoms. The number of carbonyl (C=O) groups is 2. The SMILES string of the molecule is O=C1CN(c2cc(C(=O)O)c([N+](=O)[O-])cc2F)CCN1. The third-order valence-corrected chi connectivity index (χ3v) is 2.87. The molecule has 0 saturated carbocycles. The molecule has 2 rings (SSSR count). The van der Waals surface area contributed by atoms with E-state index in [9.17, 15) is 24.1 Å². The number of carbonyl (C=O) groups excluding carboxylic acids is 1. The minimum Gasteiger partial charge on any atom is -0.477 e. The highest BCUT2D eigenvalue weighted by Crippen LogP contribution is 2.29. The van der Waals surface area contributed by atoms with Gasteiger partial charge in [0.1, 0.15) is 5.56 Å². The summed E-state index contributed by atoms with van der Waals surface area (Å²) < 4.78 is 13.9. The standard InChI is InChI=1S/C11H10FN3O5/c12-7-4-8(15(19)20)6(11(17)18)3-9(7)14-2-1-13-10(16)5-14/h3-4H,1-2,5H2,(H,13,16)(H,17,18). The Morgan fingerprint density at radius 1 is 1.50 bits per heavy atom. The summed E-state index contributed by atoms with van der Waals surface area (Å²) in [6.07, 6.45) is 0. The average Bonchev–Trinajstić information content (AvgIpc) is 2.37. The van der Waals surface area contributed by atoms with E-state index < -0.39 is 28.0 Å². The summed E-state index contributed by atoms with van der Waals surface area (Å²) in [5.74, 6) is -2.79. The Morgan fingerprint density at radius 2 is 2.20 bits per heavy atom. The van der Waals surface area contributed by atoms with Crippen molar-refractivity contribution >= 4 is 23.3 Å². The zero-order valence-corrected chi connectivity index (χ0v) is 10.1. The summed E-state index contributed by atoms with van der Waals surface area (Å²) >= 11 is 0. The topological polar surface area (TPSA) is 113 Å². The maximum absolute atomic E-state index is 13.9. The predicted octanol–water partition coefficient (Wildman–Crippen LogP) is 0.368. The van der Waals surface area contributed by atoms with Crippen LogP contribution in [0.1, 0.15) is 10.4 Å². The predicted molar refractivity (Wildman–Crippen MR) is 65.2 cm³/mol. The second-order valence-corrected chi connectivity index (χ2v) is 4.15. The smallest absolute Gasteiger partial charge is 0.342 e. The number of nitrogens with zero attached hydrogens (tertiary/aromatic N) is 2. The molecule has 0 unspecified atom stereocenters. The number of carboxylic acid groups (broad SMARTS) is 1. The van der Waals surface area contributed by atoms with Crippen LogP contribution in [0.5, 0.6) is 0 Å². The lowest BCUT2D eigenvalue weighted by Gasteiger charge is -2.28. The Balaban J connectivity index is 2.49. The van der Waals surface area contributed by atoms with Gasteiger partial charge in [0, 0.05) is 13.1 Å². The number of piperazine rings is 1. The van der Waals surface area contributed by atoms with E-state index >= 15 is 0 Å². The van der Waals surface area contributed by atoms with Crippen molar-refractivity contribution in [3.63, 3.8) is 0 Å². The van der Waals surface area contributed by atoms with Crippen LogP contribution in [-0.2, 0) is 4.79 Å². The van der Waals surface area contributed by atoms with E-state index in [2.05, 4.69) is 5.32 Å². The molecule has 0 bridgehead atoms. The van der Waals surface area contributed by atoms with Gasteiger partial charge in [-0.3, -0.25) is 14.9 Å². The molecule has 1 aliphatic heterocycles. The molecule has 1 heterocycles. The number of benzene rings is 1. The van der Waals surface area contributed by atoms with Gasteiger partial charge in [0.25, 0.3) is 5.69 Å². The Bertz CT molecular complexity index is 604. The van der Waals surface area contributed by atoms with Gasteiger partial charge in [-0.2, -0.15) is 0 Å². The molecular formula is C11H10FN3O5. The van der Waals surface area contributed by atoms with E-state index in [4.69, 9.17) is 5.11 Å². The van der Waals surface area contributed by atoms with Crippen LogP contribution in [0.4, 0.5) is 15.8 Å². The first-order valence-corrected chi connectivity index (χ1v) is 5.63. The van der Waals surface area contributed by atoms with Gasteiger partial charge in [0.2, 0.25) is 5.91 Å². The summed E-state index contributed by atoms with van der Waals surface area (Å²) in [5, 5.41) is 22.2. The van der Waals surface area contributed by atoms with Crippen LogP contribution in [0, 0.1) is 15.9 Å². The van der Waals surface area contributed by atoms with Gasteiger partial charge in [-0.05, 0) is 6.07 Å². The number of aromatic carboxylic acids is 1. The third-order valence-electron chi connectivity index (χ3n) is 2.87. The van der Waals surface area contributed by atoms with Crippen LogP contribution in [0.3, 0.4) is 0 Å². The maximum atomic E-state index is 13.9. The number of nitro benzene ring substituents is 1. The average molecular weight is 283 g/mol. The molecule has 20 heavy (non-hydrogen) atoms. The summed E-state index contributed by atoms with van der Waals surface area (Å²) in [4.78, 5) is 33.4. The lowest BCUT2D eigenvalue weighted by Crippen LogP contribution is -2.48. The summed E-state index contributed by atoms with van der Waals surface area (Å²) in [7, 11) is 0. The van der Waals surface area contributed by atoms with Crippen molar-refractivity contribution in [2.24, 2.45) is 0 Å². The molecule has 1 aromatic rings. The van der Waals surface area contributed by atoms with Crippen LogP contribution >= 0.6 is 0 Å². The van der Waals surface area contributed by atoms with Crippen molar-refractivity contribution in [3.8, 4) is 0 Å². The van der Waals surface area contributed by atoms with Gasteiger partial charge < -0.3 is 15.3 Å². The molecule has 106 valence electrons. The van der Waals surface area contributed by atoms with Crippen LogP contribution in [-0.4, -0.2) is 41.5 Å². The summed E-state index contributed by atoms with van der Waals surface area (Å²) in [6.45, 7) is 0.449. The molecule has 0 spiro atoms. The van der Waals surface area contributed by atoms with Crippen LogP contribution < -0.4 is 10.2 Å². The van der Waals surface area contributed by atoms with Crippen LogP contribution in [0.2, 0.25) is 0 Å². The fraction of sp³-hybridized carbons (Fsp3) is 0.273. The number of anilines is 1. The van der Waals surface area contributed by atoms with Crippen LogP contribution in [0.25, 0.3) is 0 Å². The number of hydrogen-bond donors (Lipinski definition) is 2. The summed E-state index contributed by atoms with van der Waals surface area (Å²) in [6, 6.07) is 1.44. The van der Waals surface area contributed by atoms with Crippen molar-refractivity contribution in [2.45, 2.75) is 0 Å². The molecule has 1 amide bonds. The fourth-order valence-corrected chi connectivity index (χ4v) is 1.96. The van der Waals surface area contributed by atoms with Crippen molar-refractivity contribution in [2.75, 3.05) is 24.5 Å². The monoisotopic (exact) mass is 283 g/mol. The van der Waals surface area contributed by atoms with E-state index in [1.54, 1.807) is 0 Å². The molecule has 8 nitrogen and oxygen atoms in total. The van der Waals surface area contributed by atoms with Gasteiger partial charge in [-0.25, -0.2) is 9.18 Å². The number of amides is 1. The lowest BCUT2D eigenvalue weighted by molar-refractivity contribution is -0.385. The van der Waals surface area contributed by atoms with Gasteiger partial charge in [0.05, 0.1) is 23.2 Å². The molecule has 0 aliphatic carbocycles. The highest BCUT2D eigenvalue weighted by atomic mass is 19.1. The highest BCUT2D eigenvalue weighted by Gasteiger charge is 2.27. The molecule has 0 atom stereocenters. The Hall–Kier alpha value is -2.71. The van der Waals surface area contributed by atoms with E-state index in [1.807, 2.05) is 0 Å². The minimum atomic E-state index is -1.53. The number of hydrogen-bond acceptors (Lipinski definition) is 5. The molecule has 0 radical (unpaired) electrons. The van der Waals surface area contributed by atoms with Gasteiger partial charge in [-0.1, -0.05) is 0 Å². The molecule has 1 saturated heterocycles. The van der Waals surface area contributed by atoms with E-state index in [0.717, 1.165) is 6.07 Å². The second kappa shape index (κ2) is 5.11. The highest BCUT2D eigenvalue weighted by molar-refractivity contribution is 5.94. The zero-order chi connectivity index (χ0) is 14.9. The first kappa shape index (κ1) is 13.7. The molecule has 0 aromatic heterocycles. The first-order chi connectivity index (χ1) is 9.40. The summed E-state index contributed by atoms with van der Waals surface area (Å²) in [5.41, 5.74) is -1.57. The molecule has 1 fully saturated rings. The number of carboxylic acids is 1. The van der Waals surface area contributed by atoms with Gasteiger partial charge in [-0.15, -0.1) is 0 Å². The Kier molecular flexibility index (Phi) is 3.51. The quantitative estimate of drug-likeness (QED) is 0.612. The lowest BCUT2D eigenvalue weighted by atomic mass is 10.1. The first-order valence-electron chi connectivity index (χ1n) is 5.63. The normalized spacial score (nSPS) is 14.8. The van der Waals surface area contributed by atoms with Crippen molar-refractivity contribution in [1.82, 2.24) is 5.32 Å². The van der Waals surface area contributed by atoms with Crippen molar-refractivity contribution in [1.29, 1.82) is 0 Å². The van der Waals surface area contributed by atoms with E-state index in [1.165, 1.54) is 4.90 Å². The Labute approximate surface area is 111 Å². The molecule has 1 aromatic carbocycles. The van der Waals surface area contributed by atoms with Gasteiger partial charge >= 0.3 is 5.97 Å². The molecule has 2 N–H and O–H groups in total.